The third kappa shape index (κ3) is 4.32. The first-order valence-electron chi connectivity index (χ1n) is 11.8. The molecular formula is C28H29O7P-2. The van der Waals surface area contributed by atoms with Crippen LogP contribution in [-0.2, 0) is 14.9 Å². The van der Waals surface area contributed by atoms with E-state index < -0.39 is 19.4 Å². The monoisotopic (exact) mass is 508 g/mol. The Morgan fingerprint density at radius 2 is 1.44 bits per heavy atom. The number of esters is 1. The Bertz CT molecular complexity index is 1400. The van der Waals surface area contributed by atoms with Gasteiger partial charge in [-0.1, -0.05) is 45.9 Å². The van der Waals surface area contributed by atoms with Crippen molar-refractivity contribution >= 4 is 13.8 Å². The minimum absolute atomic E-state index is 0.0000915. The number of aromatic hydroxyl groups is 1. The van der Waals surface area contributed by atoms with Crippen LogP contribution in [0.3, 0.4) is 0 Å². The van der Waals surface area contributed by atoms with Crippen molar-refractivity contribution in [2.75, 3.05) is 0 Å². The molecule has 7 nitrogen and oxygen atoms in total. The van der Waals surface area contributed by atoms with E-state index in [1.165, 1.54) is 6.07 Å². The zero-order valence-corrected chi connectivity index (χ0v) is 22.0. The van der Waals surface area contributed by atoms with Gasteiger partial charge in [-0.3, -0.25) is 0 Å². The van der Waals surface area contributed by atoms with E-state index in [1.807, 2.05) is 52.8 Å². The second kappa shape index (κ2) is 9.07. The fourth-order valence-electron chi connectivity index (χ4n) is 5.04. The number of hydrogen-bond donors (Lipinski definition) is 1. The van der Waals surface area contributed by atoms with Gasteiger partial charge in [-0.25, -0.2) is 4.79 Å². The number of phosphoric ester groups is 1. The third-order valence-electron chi connectivity index (χ3n) is 6.72. The highest BCUT2D eigenvalue weighted by Crippen LogP contribution is 2.52. The molecule has 0 saturated carbocycles. The number of rotatable bonds is 6. The van der Waals surface area contributed by atoms with Crippen LogP contribution in [0.5, 0.6) is 11.5 Å². The van der Waals surface area contributed by atoms with Crippen LogP contribution in [0.1, 0.15) is 88.8 Å². The van der Waals surface area contributed by atoms with Gasteiger partial charge in [0.2, 0.25) is 0 Å². The highest BCUT2D eigenvalue weighted by atomic mass is 31.2. The zero-order chi connectivity index (χ0) is 26.6. The molecule has 190 valence electrons. The average Bonchev–Trinajstić information content (AvgIpc) is 3.05. The first kappa shape index (κ1) is 26.0. The summed E-state index contributed by atoms with van der Waals surface area (Å²) in [6.07, 6.45) is 0. The number of benzene rings is 3. The van der Waals surface area contributed by atoms with Gasteiger partial charge in [-0.05, 0) is 78.3 Å². The van der Waals surface area contributed by atoms with E-state index in [2.05, 4.69) is 0 Å². The molecule has 4 rings (SSSR count). The molecule has 0 spiro atoms. The number of phenolic OH excluding ortho intramolecular Hbond substituents is 1. The van der Waals surface area contributed by atoms with Crippen molar-refractivity contribution in [3.8, 4) is 11.5 Å². The van der Waals surface area contributed by atoms with Crippen molar-refractivity contribution in [2.24, 2.45) is 0 Å². The van der Waals surface area contributed by atoms with Gasteiger partial charge in [-0.15, -0.1) is 0 Å². The molecular weight excluding hydrogens is 479 g/mol. The van der Waals surface area contributed by atoms with E-state index in [9.17, 15) is 24.3 Å². The number of carbonyl (C=O) groups excluding carboxylic acids is 1. The molecule has 1 aliphatic heterocycles. The van der Waals surface area contributed by atoms with Crippen LogP contribution in [-0.4, -0.2) is 11.1 Å². The minimum Gasteiger partial charge on any atom is -0.780 e. The molecule has 0 aliphatic carbocycles. The summed E-state index contributed by atoms with van der Waals surface area (Å²) in [6, 6.07) is 13.9. The summed E-state index contributed by atoms with van der Waals surface area (Å²) in [5, 5.41) is 10.6. The van der Waals surface area contributed by atoms with Crippen molar-refractivity contribution in [2.45, 2.75) is 59.0 Å². The molecule has 3 aromatic carbocycles. The summed E-state index contributed by atoms with van der Waals surface area (Å²) < 4.78 is 22.5. The zero-order valence-electron chi connectivity index (χ0n) is 21.1. The Hall–Kier alpha value is -3.12. The van der Waals surface area contributed by atoms with Gasteiger partial charge in [0.25, 0.3) is 0 Å². The maximum Gasteiger partial charge on any atom is 0.340 e. The number of hydrogen-bond acceptors (Lipinski definition) is 7. The number of carbonyl (C=O) groups is 1. The van der Waals surface area contributed by atoms with Crippen LogP contribution in [0.2, 0.25) is 0 Å². The van der Waals surface area contributed by atoms with Crippen LogP contribution >= 0.6 is 7.82 Å². The van der Waals surface area contributed by atoms with Gasteiger partial charge in [0.05, 0.1) is 5.56 Å². The predicted octanol–water partition coefficient (Wildman–Crippen LogP) is 4.93. The number of phenols is 1. The minimum atomic E-state index is -5.30. The topological polar surface area (TPSA) is 119 Å². The Morgan fingerprint density at radius 3 is 2.03 bits per heavy atom. The molecule has 1 aliphatic rings. The summed E-state index contributed by atoms with van der Waals surface area (Å²) in [5.41, 5.74) is 3.49. The second-order valence-electron chi connectivity index (χ2n) is 9.90. The molecule has 0 unspecified atom stereocenters. The normalized spacial score (nSPS) is 17.4. The maximum absolute atomic E-state index is 13.2. The summed E-state index contributed by atoms with van der Waals surface area (Å²) in [7, 11) is -5.30. The molecule has 36 heavy (non-hydrogen) atoms. The molecule has 1 N–H and O–H groups in total. The highest BCUT2D eigenvalue weighted by Gasteiger charge is 2.50. The van der Waals surface area contributed by atoms with Gasteiger partial charge in [-0.2, -0.15) is 0 Å². The van der Waals surface area contributed by atoms with Crippen LogP contribution in [0.25, 0.3) is 0 Å². The van der Waals surface area contributed by atoms with Crippen LogP contribution in [0, 0.1) is 13.8 Å². The van der Waals surface area contributed by atoms with Gasteiger partial charge in [0, 0.05) is 16.7 Å². The molecule has 1 atom stereocenters. The standard InChI is InChI=1S/C28H31O7P/c1-15(2)20-13-23(17(5)11-25(20)29)28(22-10-8-7-9-19(22)27(30)34-28)24-14-21(16(3)4)26(12-18(24)6)35-36(31,32)33/h7-16,29H,1-6H3,(H2,31,32,33)/p-2/t28-/m0/s1. The third-order valence-corrected chi connectivity index (χ3v) is 7.14. The Kier molecular flexibility index (Phi) is 6.54. The van der Waals surface area contributed by atoms with E-state index in [1.54, 1.807) is 31.2 Å². The first-order valence-corrected chi connectivity index (χ1v) is 13.3. The van der Waals surface area contributed by atoms with E-state index in [0.29, 0.717) is 38.9 Å². The van der Waals surface area contributed by atoms with E-state index in [-0.39, 0.29) is 23.3 Å². The summed E-state index contributed by atoms with van der Waals surface area (Å²) in [4.78, 5) is 36.1. The number of ether oxygens (including phenoxy) is 1. The van der Waals surface area contributed by atoms with Crippen molar-refractivity contribution in [3.63, 3.8) is 0 Å². The molecule has 0 bridgehead atoms. The lowest BCUT2D eigenvalue weighted by Crippen LogP contribution is -2.32. The van der Waals surface area contributed by atoms with Crippen molar-refractivity contribution in [3.05, 3.63) is 93.0 Å². The summed E-state index contributed by atoms with van der Waals surface area (Å²) in [5.74, 6) is -0.581. The number of aryl methyl sites for hydroxylation is 2. The van der Waals surface area contributed by atoms with Gasteiger partial charge in [0.1, 0.15) is 19.3 Å². The SMILES string of the molecule is Cc1cc(O)c(C(C)C)cc1[C@@]1(c2cc(C(C)C)c(OP(=O)([O-])[O-])cc2C)OC(=O)c2ccccc21. The molecule has 3 aromatic rings. The first-order chi connectivity index (χ1) is 16.8. The lowest BCUT2D eigenvalue weighted by molar-refractivity contribution is -0.333. The van der Waals surface area contributed by atoms with E-state index in [0.717, 1.165) is 5.56 Å². The van der Waals surface area contributed by atoms with Crippen LogP contribution < -0.4 is 14.3 Å². The average molecular weight is 509 g/mol. The summed E-state index contributed by atoms with van der Waals surface area (Å²) in [6.45, 7) is 11.2. The Morgan fingerprint density at radius 1 is 0.889 bits per heavy atom. The van der Waals surface area contributed by atoms with Gasteiger partial charge >= 0.3 is 5.97 Å². The molecule has 8 heteroatoms. The maximum atomic E-state index is 13.2. The highest BCUT2D eigenvalue weighted by molar-refractivity contribution is 7.43. The predicted molar refractivity (Wildman–Crippen MR) is 132 cm³/mol. The van der Waals surface area contributed by atoms with Crippen molar-refractivity contribution in [1.29, 1.82) is 0 Å². The Labute approximate surface area is 211 Å². The lowest BCUT2D eigenvalue weighted by atomic mass is 9.74. The lowest BCUT2D eigenvalue weighted by Gasteiger charge is -2.36. The van der Waals surface area contributed by atoms with Crippen molar-refractivity contribution in [1.82, 2.24) is 0 Å². The quantitative estimate of drug-likeness (QED) is 0.371. The molecule has 0 amide bonds. The largest absolute Gasteiger partial charge is 0.780 e. The fraction of sp³-hybridized carbons (Fsp3) is 0.321. The van der Waals surface area contributed by atoms with E-state index in [4.69, 9.17) is 9.26 Å². The molecule has 1 heterocycles. The molecule has 0 fully saturated rings. The van der Waals surface area contributed by atoms with Crippen LogP contribution in [0.15, 0.2) is 48.5 Å². The van der Waals surface area contributed by atoms with Gasteiger partial charge < -0.3 is 28.7 Å². The molecule has 0 aromatic heterocycles. The number of fused-ring (bicyclic) bond motifs is 1. The molecule has 0 radical (unpaired) electrons. The van der Waals surface area contributed by atoms with Gasteiger partial charge in [0.15, 0.2) is 5.60 Å². The second-order valence-corrected chi connectivity index (χ2v) is 11.0. The summed E-state index contributed by atoms with van der Waals surface area (Å²) >= 11 is 0. The van der Waals surface area contributed by atoms with Crippen LogP contribution in [0.4, 0.5) is 0 Å². The smallest absolute Gasteiger partial charge is 0.340 e. The number of cyclic esters (lactones) is 1. The Balaban J connectivity index is 2.12. The van der Waals surface area contributed by atoms with Crippen molar-refractivity contribution < 1.29 is 33.5 Å². The van der Waals surface area contributed by atoms with E-state index >= 15 is 0 Å². The molecule has 0 saturated heterocycles. The number of phosphoric acid groups is 1. The fourth-order valence-corrected chi connectivity index (χ4v) is 5.44.